The molecule has 74 valence electrons. The smallest absolute Gasteiger partial charge is 0.169 e. The summed E-state index contributed by atoms with van der Waals surface area (Å²) in [6.45, 7) is 5.44. The highest BCUT2D eigenvalue weighted by molar-refractivity contribution is 5.77. The molecule has 0 saturated heterocycles. The lowest BCUT2D eigenvalue weighted by molar-refractivity contribution is -0.727. The van der Waals surface area contributed by atoms with E-state index >= 15 is 0 Å². The molecule has 2 nitrogen and oxygen atoms in total. The van der Waals surface area contributed by atoms with E-state index < -0.39 is 0 Å². The van der Waals surface area contributed by atoms with E-state index in [1.165, 1.54) is 29.4 Å². The molecule has 14 heavy (non-hydrogen) atoms. The van der Waals surface area contributed by atoms with E-state index in [2.05, 4.69) is 47.9 Å². The first-order chi connectivity index (χ1) is 6.83. The summed E-state index contributed by atoms with van der Waals surface area (Å²) >= 11 is 0. The molecule has 1 N–H and O–H groups in total. The van der Waals surface area contributed by atoms with Crippen LogP contribution in [0, 0.1) is 6.92 Å². The third kappa shape index (κ3) is 1.52. The molecule has 2 aromatic rings. The van der Waals surface area contributed by atoms with Gasteiger partial charge >= 0.3 is 0 Å². The van der Waals surface area contributed by atoms with Gasteiger partial charge in [-0.3, -0.25) is 0 Å². The van der Waals surface area contributed by atoms with Crippen LogP contribution in [-0.4, -0.2) is 5.10 Å². The number of H-pyrrole nitrogens is 1. The monoisotopic (exact) mass is 189 g/mol. The van der Waals surface area contributed by atoms with Gasteiger partial charge in [-0.1, -0.05) is 25.5 Å². The van der Waals surface area contributed by atoms with Gasteiger partial charge in [0.15, 0.2) is 6.54 Å². The standard InChI is InChI=1S/C12H16N2/c1-3-4-9-14-12-8-6-5-7-11(12)10(2)13-14/h5-8H,3-4,9H2,1-2H3/p+1. The minimum atomic E-state index is 1.09. The van der Waals surface area contributed by atoms with Crippen molar-refractivity contribution in [2.24, 2.45) is 0 Å². The second-order valence-corrected chi connectivity index (χ2v) is 3.76. The van der Waals surface area contributed by atoms with Crippen molar-refractivity contribution < 1.29 is 4.68 Å². The molecule has 1 aromatic carbocycles. The highest BCUT2D eigenvalue weighted by Gasteiger charge is 2.12. The Balaban J connectivity index is 2.44. The van der Waals surface area contributed by atoms with Crippen molar-refractivity contribution in [3.05, 3.63) is 30.0 Å². The number of fused-ring (bicyclic) bond motifs is 1. The van der Waals surface area contributed by atoms with E-state index in [1.807, 2.05) is 0 Å². The molecule has 0 bridgehead atoms. The van der Waals surface area contributed by atoms with Crippen LogP contribution in [0.2, 0.25) is 0 Å². The molecule has 2 rings (SSSR count). The van der Waals surface area contributed by atoms with Crippen LogP contribution < -0.4 is 4.68 Å². The van der Waals surface area contributed by atoms with Crippen molar-refractivity contribution in [1.82, 2.24) is 5.10 Å². The molecule has 2 heteroatoms. The zero-order chi connectivity index (χ0) is 9.97. The van der Waals surface area contributed by atoms with Crippen LogP contribution in [0.4, 0.5) is 0 Å². The van der Waals surface area contributed by atoms with Crippen molar-refractivity contribution in [3.63, 3.8) is 0 Å². The van der Waals surface area contributed by atoms with Crippen LogP contribution in [-0.2, 0) is 6.54 Å². The molecule has 0 saturated carbocycles. The van der Waals surface area contributed by atoms with E-state index in [1.54, 1.807) is 0 Å². The maximum absolute atomic E-state index is 3.40. The molecule has 1 heterocycles. The largest absolute Gasteiger partial charge is 0.238 e. The zero-order valence-electron chi connectivity index (χ0n) is 8.88. The van der Waals surface area contributed by atoms with Gasteiger partial charge in [0.05, 0.1) is 11.1 Å². The summed E-state index contributed by atoms with van der Waals surface area (Å²) in [7, 11) is 0. The van der Waals surface area contributed by atoms with Gasteiger partial charge in [0.1, 0.15) is 0 Å². The van der Waals surface area contributed by atoms with Crippen LogP contribution in [0.1, 0.15) is 25.5 Å². The molecule has 0 fully saturated rings. The van der Waals surface area contributed by atoms with Gasteiger partial charge in [0, 0.05) is 12.5 Å². The van der Waals surface area contributed by atoms with Crippen LogP contribution in [0.5, 0.6) is 0 Å². The average Bonchev–Trinajstić information content (AvgIpc) is 2.54. The molecule has 0 aliphatic rings. The fourth-order valence-corrected chi connectivity index (χ4v) is 1.84. The lowest BCUT2D eigenvalue weighted by Crippen LogP contribution is -2.35. The number of aromatic nitrogens is 2. The van der Waals surface area contributed by atoms with Gasteiger partial charge in [-0.05, 0) is 13.0 Å². The maximum Gasteiger partial charge on any atom is 0.238 e. The number of para-hydroxylation sites is 1. The number of hydrogen-bond acceptors (Lipinski definition) is 0. The number of unbranched alkanes of at least 4 members (excludes halogenated alkanes) is 1. The molecular weight excluding hydrogens is 172 g/mol. The van der Waals surface area contributed by atoms with E-state index in [0.717, 1.165) is 6.54 Å². The number of aryl methyl sites for hydroxylation is 2. The average molecular weight is 189 g/mol. The minimum Gasteiger partial charge on any atom is -0.169 e. The van der Waals surface area contributed by atoms with Gasteiger partial charge in [-0.25, -0.2) is 0 Å². The van der Waals surface area contributed by atoms with Crippen LogP contribution in [0.3, 0.4) is 0 Å². The van der Waals surface area contributed by atoms with Gasteiger partial charge in [0.25, 0.3) is 0 Å². The molecule has 0 aliphatic carbocycles. The normalized spacial score (nSPS) is 11.0. The Morgan fingerprint density at radius 3 is 2.86 bits per heavy atom. The van der Waals surface area contributed by atoms with Gasteiger partial charge in [-0.2, -0.15) is 5.10 Å². The Morgan fingerprint density at radius 1 is 1.29 bits per heavy atom. The Bertz CT molecular complexity index is 429. The number of rotatable bonds is 3. The topological polar surface area (TPSA) is 19.7 Å². The molecule has 1 aromatic heterocycles. The molecule has 0 radical (unpaired) electrons. The third-order valence-electron chi connectivity index (χ3n) is 2.64. The first-order valence-electron chi connectivity index (χ1n) is 5.30. The minimum absolute atomic E-state index is 1.09. The third-order valence-corrected chi connectivity index (χ3v) is 2.64. The van der Waals surface area contributed by atoms with E-state index in [-0.39, 0.29) is 0 Å². The number of benzene rings is 1. The summed E-state index contributed by atoms with van der Waals surface area (Å²) in [4.78, 5) is 0. The van der Waals surface area contributed by atoms with Crippen molar-refractivity contribution in [3.8, 4) is 0 Å². The first kappa shape index (κ1) is 9.25. The molecule has 0 aliphatic heterocycles. The molecular formula is C12H17N2+. The summed E-state index contributed by atoms with van der Waals surface area (Å²) in [6.07, 6.45) is 2.47. The summed E-state index contributed by atoms with van der Waals surface area (Å²) in [6, 6.07) is 8.53. The number of hydrogen-bond donors (Lipinski definition) is 1. The fourth-order valence-electron chi connectivity index (χ4n) is 1.84. The summed E-state index contributed by atoms with van der Waals surface area (Å²) in [5, 5.41) is 4.74. The van der Waals surface area contributed by atoms with Gasteiger partial charge in [-0.15, -0.1) is 4.68 Å². The predicted octanol–water partition coefficient (Wildman–Crippen LogP) is 2.56. The van der Waals surface area contributed by atoms with Crippen molar-refractivity contribution >= 4 is 10.9 Å². The second kappa shape index (κ2) is 3.82. The SMILES string of the molecule is CCCC[n+]1[nH]c(C)c2ccccc21. The maximum atomic E-state index is 3.40. The van der Waals surface area contributed by atoms with Crippen LogP contribution in [0.25, 0.3) is 10.9 Å². The highest BCUT2D eigenvalue weighted by Crippen LogP contribution is 2.12. The quantitative estimate of drug-likeness (QED) is 0.716. The number of nitrogens with one attached hydrogen (secondary N) is 1. The predicted molar refractivity (Wildman–Crippen MR) is 58.1 cm³/mol. The molecule has 0 unspecified atom stereocenters. The molecule has 0 atom stereocenters. The first-order valence-corrected chi connectivity index (χ1v) is 5.30. The van der Waals surface area contributed by atoms with E-state index in [0.29, 0.717) is 0 Å². The Kier molecular flexibility index (Phi) is 2.53. The van der Waals surface area contributed by atoms with Crippen molar-refractivity contribution in [2.75, 3.05) is 0 Å². The Morgan fingerprint density at radius 2 is 2.07 bits per heavy atom. The summed E-state index contributed by atoms with van der Waals surface area (Å²) < 4.78 is 2.24. The zero-order valence-corrected chi connectivity index (χ0v) is 8.88. The lowest BCUT2D eigenvalue weighted by atomic mass is 10.2. The molecule has 0 amide bonds. The summed E-state index contributed by atoms with van der Waals surface area (Å²) in [5.41, 5.74) is 2.58. The summed E-state index contributed by atoms with van der Waals surface area (Å²) in [5.74, 6) is 0. The van der Waals surface area contributed by atoms with Crippen LogP contribution >= 0.6 is 0 Å². The van der Waals surface area contributed by atoms with Crippen molar-refractivity contribution in [1.29, 1.82) is 0 Å². The Labute approximate surface area is 84.5 Å². The number of nitrogens with zero attached hydrogens (tertiary/aromatic N) is 1. The lowest BCUT2D eigenvalue weighted by Gasteiger charge is -1.90. The Hall–Kier alpha value is -1.31. The molecule has 0 spiro atoms. The number of aromatic amines is 1. The highest BCUT2D eigenvalue weighted by atomic mass is 15.3. The second-order valence-electron chi connectivity index (χ2n) is 3.76. The van der Waals surface area contributed by atoms with E-state index in [9.17, 15) is 0 Å². The van der Waals surface area contributed by atoms with Gasteiger partial charge in [0.2, 0.25) is 5.52 Å². The van der Waals surface area contributed by atoms with E-state index in [4.69, 9.17) is 0 Å². The fraction of sp³-hybridized carbons (Fsp3) is 0.417. The van der Waals surface area contributed by atoms with Crippen molar-refractivity contribution in [2.45, 2.75) is 33.2 Å². The van der Waals surface area contributed by atoms with Gasteiger partial charge < -0.3 is 0 Å². The van der Waals surface area contributed by atoms with Crippen LogP contribution in [0.15, 0.2) is 24.3 Å².